The third kappa shape index (κ3) is 4.23. The van der Waals surface area contributed by atoms with Crippen molar-refractivity contribution in [1.29, 1.82) is 0 Å². The Morgan fingerprint density at radius 3 is 2.21 bits per heavy atom. The van der Waals surface area contributed by atoms with E-state index in [-0.39, 0.29) is 18.4 Å². The number of carbonyl (C=O) groups is 2. The minimum atomic E-state index is -0.224. The van der Waals surface area contributed by atoms with Crippen molar-refractivity contribution < 1.29 is 9.59 Å². The zero-order valence-corrected chi connectivity index (χ0v) is 15.9. The van der Waals surface area contributed by atoms with Crippen LogP contribution in [0.25, 0.3) is 0 Å². The third-order valence-electron chi connectivity index (χ3n) is 3.85. The molecular weight excluding hydrogens is 368 g/mol. The Balaban J connectivity index is 2.22. The van der Waals surface area contributed by atoms with Crippen LogP contribution in [0.3, 0.4) is 0 Å². The van der Waals surface area contributed by atoms with Gasteiger partial charge in [0.15, 0.2) is 0 Å². The predicted octanol–water partition coefficient (Wildman–Crippen LogP) is 4.37. The van der Waals surface area contributed by atoms with E-state index in [0.717, 1.165) is 32.5 Å². The van der Waals surface area contributed by atoms with E-state index >= 15 is 0 Å². The van der Waals surface area contributed by atoms with Crippen molar-refractivity contribution in [2.45, 2.75) is 27.7 Å². The van der Waals surface area contributed by atoms with E-state index < -0.39 is 0 Å². The van der Waals surface area contributed by atoms with Crippen LogP contribution in [0.1, 0.15) is 23.6 Å². The Labute approximate surface area is 151 Å². The van der Waals surface area contributed by atoms with Gasteiger partial charge >= 0.3 is 0 Å². The van der Waals surface area contributed by atoms with Gasteiger partial charge in [0.25, 0.3) is 0 Å². The average Bonchev–Trinajstić information content (AvgIpc) is 2.48. The molecule has 1 N–H and O–H groups in total. The summed E-state index contributed by atoms with van der Waals surface area (Å²) in [5, 5.41) is 2.88. The van der Waals surface area contributed by atoms with Gasteiger partial charge < -0.3 is 10.2 Å². The van der Waals surface area contributed by atoms with Gasteiger partial charge in [0.2, 0.25) is 11.8 Å². The quantitative estimate of drug-likeness (QED) is 0.845. The molecule has 0 atom stereocenters. The highest BCUT2D eigenvalue weighted by Gasteiger charge is 2.19. The molecule has 0 aromatic heterocycles. The molecule has 0 unspecified atom stereocenters. The maximum absolute atomic E-state index is 12.4. The lowest BCUT2D eigenvalue weighted by Gasteiger charge is -2.24. The molecule has 126 valence electrons. The molecule has 0 heterocycles. The smallest absolute Gasteiger partial charge is 0.244 e. The Bertz CT molecular complexity index is 767. The lowest BCUT2D eigenvalue weighted by Crippen LogP contribution is -2.37. The maximum atomic E-state index is 12.4. The Kier molecular flexibility index (Phi) is 5.78. The molecule has 0 aliphatic heterocycles. The number of anilines is 2. The summed E-state index contributed by atoms with van der Waals surface area (Å²) in [4.78, 5) is 26.1. The minimum Gasteiger partial charge on any atom is -0.324 e. The number of nitrogens with one attached hydrogen (secondary N) is 1. The molecule has 0 spiro atoms. The second-order valence-corrected chi connectivity index (χ2v) is 6.77. The van der Waals surface area contributed by atoms with E-state index in [4.69, 9.17) is 0 Å². The van der Waals surface area contributed by atoms with E-state index in [1.54, 1.807) is 0 Å². The first-order chi connectivity index (χ1) is 11.3. The summed E-state index contributed by atoms with van der Waals surface area (Å²) >= 11 is 3.40. The van der Waals surface area contributed by atoms with Crippen LogP contribution in [0.4, 0.5) is 11.4 Å². The summed E-state index contributed by atoms with van der Waals surface area (Å²) in [6.07, 6.45) is 0. The summed E-state index contributed by atoms with van der Waals surface area (Å²) in [6.45, 7) is 7.26. The number of para-hydroxylation sites is 1. The fourth-order valence-corrected chi connectivity index (χ4v) is 3.16. The van der Waals surface area contributed by atoms with Gasteiger partial charge in [-0.25, -0.2) is 0 Å². The van der Waals surface area contributed by atoms with Gasteiger partial charge in [-0.15, -0.1) is 0 Å². The molecule has 0 fully saturated rings. The molecule has 0 radical (unpaired) electrons. The predicted molar refractivity (Wildman–Crippen MR) is 101 cm³/mol. The summed E-state index contributed by atoms with van der Waals surface area (Å²) in [5.74, 6) is -0.381. The molecule has 0 aliphatic carbocycles. The fraction of sp³-hybridized carbons (Fsp3) is 0.263. The lowest BCUT2D eigenvalue weighted by atomic mass is 10.1. The van der Waals surface area contributed by atoms with E-state index in [9.17, 15) is 9.59 Å². The first-order valence-corrected chi connectivity index (χ1v) is 8.49. The molecule has 2 rings (SSSR count). The van der Waals surface area contributed by atoms with Gasteiger partial charge in [0.1, 0.15) is 6.54 Å². The zero-order valence-electron chi connectivity index (χ0n) is 14.3. The zero-order chi connectivity index (χ0) is 17.9. The molecule has 5 heteroatoms. The number of nitrogens with zero attached hydrogens (tertiary/aromatic N) is 1. The first kappa shape index (κ1) is 18.2. The van der Waals surface area contributed by atoms with Crippen LogP contribution in [-0.2, 0) is 9.59 Å². The summed E-state index contributed by atoms with van der Waals surface area (Å²) in [7, 11) is 0. The molecule has 4 nitrogen and oxygen atoms in total. The molecule has 0 bridgehead atoms. The Hall–Kier alpha value is -2.14. The number of hydrogen-bond acceptors (Lipinski definition) is 2. The molecule has 2 aromatic carbocycles. The van der Waals surface area contributed by atoms with Gasteiger partial charge in [-0.1, -0.05) is 34.1 Å². The molecule has 2 aromatic rings. The highest BCUT2D eigenvalue weighted by molar-refractivity contribution is 9.10. The fourth-order valence-electron chi connectivity index (χ4n) is 2.68. The van der Waals surface area contributed by atoms with Crippen LogP contribution in [-0.4, -0.2) is 18.4 Å². The number of rotatable bonds is 4. The Morgan fingerprint density at radius 2 is 1.67 bits per heavy atom. The van der Waals surface area contributed by atoms with Gasteiger partial charge in [0.05, 0.1) is 5.69 Å². The van der Waals surface area contributed by atoms with Crippen molar-refractivity contribution in [3.63, 3.8) is 0 Å². The van der Waals surface area contributed by atoms with E-state index in [2.05, 4.69) is 21.2 Å². The van der Waals surface area contributed by atoms with Crippen molar-refractivity contribution in [1.82, 2.24) is 0 Å². The van der Waals surface area contributed by atoms with E-state index in [1.807, 2.05) is 57.2 Å². The van der Waals surface area contributed by atoms with E-state index in [0.29, 0.717) is 0 Å². The normalized spacial score (nSPS) is 10.4. The van der Waals surface area contributed by atoms with Crippen LogP contribution in [0.5, 0.6) is 0 Å². The topological polar surface area (TPSA) is 49.4 Å². The third-order valence-corrected chi connectivity index (χ3v) is 4.35. The maximum Gasteiger partial charge on any atom is 0.244 e. The largest absolute Gasteiger partial charge is 0.324 e. The van der Waals surface area contributed by atoms with Crippen molar-refractivity contribution in [3.8, 4) is 0 Å². The molecule has 0 saturated heterocycles. The van der Waals surface area contributed by atoms with Gasteiger partial charge in [0, 0.05) is 17.1 Å². The molecule has 2 amide bonds. The summed E-state index contributed by atoms with van der Waals surface area (Å²) < 4.78 is 0.957. The number of hydrogen-bond donors (Lipinski definition) is 1. The molecular formula is C19H21BrN2O2. The van der Waals surface area contributed by atoms with Crippen molar-refractivity contribution in [2.24, 2.45) is 0 Å². The monoisotopic (exact) mass is 388 g/mol. The van der Waals surface area contributed by atoms with E-state index in [1.165, 1.54) is 11.8 Å². The van der Waals surface area contributed by atoms with Crippen LogP contribution < -0.4 is 10.2 Å². The molecule has 24 heavy (non-hydrogen) atoms. The van der Waals surface area contributed by atoms with Gasteiger partial charge in [-0.2, -0.15) is 0 Å². The van der Waals surface area contributed by atoms with Crippen LogP contribution >= 0.6 is 15.9 Å². The van der Waals surface area contributed by atoms with Crippen LogP contribution in [0.15, 0.2) is 40.9 Å². The Morgan fingerprint density at radius 1 is 1.04 bits per heavy atom. The average molecular weight is 389 g/mol. The second-order valence-electron chi connectivity index (χ2n) is 5.85. The standard InChI is InChI=1S/C19H21BrN2O2/c1-12-6-5-7-13(2)19(12)22(15(4)23)11-18(24)21-17-9-8-16(20)10-14(17)3/h5-10H,11H2,1-4H3,(H,21,24). The number of carbonyl (C=O) groups excluding carboxylic acids is 2. The van der Waals surface area contributed by atoms with Crippen molar-refractivity contribution in [3.05, 3.63) is 57.6 Å². The number of aryl methyl sites for hydroxylation is 3. The minimum absolute atomic E-state index is 0.0173. The van der Waals surface area contributed by atoms with Crippen molar-refractivity contribution in [2.75, 3.05) is 16.8 Å². The summed E-state index contributed by atoms with van der Waals surface area (Å²) in [5.41, 5.74) is 4.44. The summed E-state index contributed by atoms with van der Waals surface area (Å²) in [6, 6.07) is 11.5. The highest BCUT2D eigenvalue weighted by Crippen LogP contribution is 2.25. The number of amides is 2. The highest BCUT2D eigenvalue weighted by atomic mass is 79.9. The number of halogens is 1. The molecule has 0 aliphatic rings. The van der Waals surface area contributed by atoms with Crippen LogP contribution in [0.2, 0.25) is 0 Å². The van der Waals surface area contributed by atoms with Crippen molar-refractivity contribution >= 4 is 39.1 Å². The van der Waals surface area contributed by atoms with Gasteiger partial charge in [-0.05, 0) is 55.7 Å². The lowest BCUT2D eigenvalue weighted by molar-refractivity contribution is -0.120. The number of benzene rings is 2. The molecule has 0 saturated carbocycles. The second kappa shape index (κ2) is 7.62. The first-order valence-electron chi connectivity index (χ1n) is 7.70. The SMILES string of the molecule is CC(=O)N(CC(=O)Nc1ccc(Br)cc1C)c1c(C)cccc1C. The van der Waals surface area contributed by atoms with Crippen LogP contribution in [0, 0.1) is 20.8 Å². The van der Waals surface area contributed by atoms with Gasteiger partial charge in [-0.3, -0.25) is 9.59 Å².